The fourth-order valence-corrected chi connectivity index (χ4v) is 2.83. The number of hydrogen-bond donors (Lipinski definition) is 1. The second kappa shape index (κ2) is 7.15. The predicted molar refractivity (Wildman–Crippen MR) is 102 cm³/mol. The molecule has 1 amide bonds. The van der Waals surface area contributed by atoms with Crippen LogP contribution in [-0.4, -0.2) is 15.5 Å². The minimum Gasteiger partial charge on any atom is -0.443 e. The molecule has 0 bridgehead atoms. The lowest BCUT2D eigenvalue weighted by Crippen LogP contribution is -2.23. The van der Waals surface area contributed by atoms with Gasteiger partial charge in [0.15, 0.2) is 0 Å². The molecular formula is C20H23N3O3. The van der Waals surface area contributed by atoms with Crippen molar-refractivity contribution < 1.29 is 9.21 Å². The van der Waals surface area contributed by atoms with Crippen LogP contribution in [0.3, 0.4) is 0 Å². The summed E-state index contributed by atoms with van der Waals surface area (Å²) in [6.45, 7) is 8.15. The quantitative estimate of drug-likeness (QED) is 0.758. The van der Waals surface area contributed by atoms with Crippen molar-refractivity contribution in [2.24, 2.45) is 0 Å². The Morgan fingerprint density at radius 3 is 2.58 bits per heavy atom. The van der Waals surface area contributed by atoms with Crippen molar-refractivity contribution in [1.29, 1.82) is 0 Å². The van der Waals surface area contributed by atoms with Gasteiger partial charge in [-0.15, -0.1) is 0 Å². The van der Waals surface area contributed by atoms with Crippen molar-refractivity contribution in [2.45, 2.75) is 46.6 Å². The third kappa shape index (κ3) is 3.54. The van der Waals surface area contributed by atoms with Crippen molar-refractivity contribution in [2.75, 3.05) is 5.32 Å². The predicted octanol–water partition coefficient (Wildman–Crippen LogP) is 3.76. The summed E-state index contributed by atoms with van der Waals surface area (Å²) in [4.78, 5) is 28.9. The van der Waals surface area contributed by atoms with E-state index in [-0.39, 0.29) is 24.4 Å². The van der Waals surface area contributed by atoms with Gasteiger partial charge < -0.3 is 9.73 Å². The molecule has 3 rings (SSSR count). The number of benzene rings is 1. The Kier molecular flexibility index (Phi) is 4.93. The topological polar surface area (TPSA) is 77.1 Å². The lowest BCUT2D eigenvalue weighted by molar-refractivity contribution is -0.116. The maximum atomic E-state index is 12.6. The lowest BCUT2D eigenvalue weighted by atomic mass is 10.0. The molecule has 1 N–H and O–H groups in total. The molecule has 0 spiro atoms. The summed E-state index contributed by atoms with van der Waals surface area (Å²) in [6, 6.07) is 7.80. The molecule has 0 saturated carbocycles. The third-order valence-electron chi connectivity index (χ3n) is 4.60. The fraction of sp³-hybridized carbons (Fsp3) is 0.350. The van der Waals surface area contributed by atoms with E-state index in [0.717, 1.165) is 11.3 Å². The maximum absolute atomic E-state index is 12.6. The second-order valence-corrected chi connectivity index (χ2v) is 6.78. The van der Waals surface area contributed by atoms with Gasteiger partial charge in [0, 0.05) is 24.2 Å². The van der Waals surface area contributed by atoms with Gasteiger partial charge in [-0.05, 0) is 37.5 Å². The zero-order valence-corrected chi connectivity index (χ0v) is 15.5. The highest BCUT2D eigenvalue weighted by molar-refractivity contribution is 5.90. The van der Waals surface area contributed by atoms with Crippen LogP contribution in [-0.2, 0) is 11.3 Å². The van der Waals surface area contributed by atoms with E-state index in [4.69, 9.17) is 4.42 Å². The van der Waals surface area contributed by atoms with Crippen LogP contribution in [0.1, 0.15) is 43.1 Å². The highest BCUT2D eigenvalue weighted by Gasteiger charge is 2.14. The maximum Gasteiger partial charge on any atom is 0.264 e. The van der Waals surface area contributed by atoms with E-state index < -0.39 is 0 Å². The number of rotatable bonds is 5. The Labute approximate surface area is 151 Å². The summed E-state index contributed by atoms with van der Waals surface area (Å²) in [5, 5.41) is 3.34. The summed E-state index contributed by atoms with van der Waals surface area (Å²) in [6.07, 6.45) is 1.62. The molecule has 2 aromatic heterocycles. The van der Waals surface area contributed by atoms with Crippen LogP contribution in [0, 0.1) is 13.8 Å². The first-order valence-electron chi connectivity index (χ1n) is 8.71. The van der Waals surface area contributed by atoms with Gasteiger partial charge in [0.05, 0.1) is 0 Å². The van der Waals surface area contributed by atoms with Crippen molar-refractivity contribution >= 4 is 22.7 Å². The number of carbonyl (C=O) groups excluding carboxylic acids is 1. The number of aryl methyl sites for hydroxylation is 3. The Bertz CT molecular complexity index is 998. The number of nitrogens with zero attached hydrogens (tertiary/aromatic N) is 2. The highest BCUT2D eigenvalue weighted by atomic mass is 16.3. The molecule has 0 radical (unpaired) electrons. The zero-order valence-electron chi connectivity index (χ0n) is 15.5. The van der Waals surface area contributed by atoms with Crippen molar-refractivity contribution in [3.05, 3.63) is 57.8 Å². The molecular weight excluding hydrogens is 330 g/mol. The van der Waals surface area contributed by atoms with E-state index >= 15 is 0 Å². The smallest absolute Gasteiger partial charge is 0.264 e. The Hall–Kier alpha value is -2.89. The van der Waals surface area contributed by atoms with Crippen LogP contribution in [0.4, 0.5) is 5.69 Å². The Balaban J connectivity index is 1.68. The van der Waals surface area contributed by atoms with Crippen LogP contribution in [0.2, 0.25) is 0 Å². The van der Waals surface area contributed by atoms with Gasteiger partial charge in [0.1, 0.15) is 17.5 Å². The summed E-state index contributed by atoms with van der Waals surface area (Å²) in [7, 11) is 0. The minimum atomic E-state index is -0.182. The number of amides is 1. The van der Waals surface area contributed by atoms with Gasteiger partial charge >= 0.3 is 0 Å². The molecule has 6 heteroatoms. The second-order valence-electron chi connectivity index (χ2n) is 6.78. The number of anilines is 1. The standard InChI is InChI=1S/C20H23N3O3/c1-12(2)15-5-7-16(8-6-15)22-17(24)9-10-23-11-21-19-18(20(23)25)13(3)14(4)26-19/h5-8,11-12H,9-10H2,1-4H3,(H,22,24). The normalized spacial score (nSPS) is 11.3. The number of carbonyl (C=O) groups is 1. The molecule has 0 saturated heterocycles. The van der Waals surface area contributed by atoms with E-state index in [1.165, 1.54) is 16.5 Å². The molecule has 0 aliphatic heterocycles. The minimum absolute atomic E-state index is 0.144. The summed E-state index contributed by atoms with van der Waals surface area (Å²) >= 11 is 0. The number of aromatic nitrogens is 2. The molecule has 0 unspecified atom stereocenters. The average Bonchev–Trinajstić information content (AvgIpc) is 2.90. The highest BCUT2D eigenvalue weighted by Crippen LogP contribution is 2.19. The zero-order chi connectivity index (χ0) is 18.8. The number of fused-ring (bicyclic) bond motifs is 1. The summed E-state index contributed by atoms with van der Waals surface area (Å²) in [5.41, 5.74) is 2.93. The number of furan rings is 1. The SMILES string of the molecule is Cc1oc2ncn(CCC(=O)Nc3ccc(C(C)C)cc3)c(=O)c2c1C. The Morgan fingerprint density at radius 2 is 1.92 bits per heavy atom. The molecule has 6 nitrogen and oxygen atoms in total. The first kappa shape index (κ1) is 17.9. The van der Waals surface area contributed by atoms with Gasteiger partial charge in [0.2, 0.25) is 11.6 Å². The molecule has 3 aromatic rings. The van der Waals surface area contributed by atoms with E-state index in [9.17, 15) is 9.59 Å². The van der Waals surface area contributed by atoms with Crippen LogP contribution < -0.4 is 10.9 Å². The van der Waals surface area contributed by atoms with Gasteiger partial charge in [-0.2, -0.15) is 0 Å². The van der Waals surface area contributed by atoms with E-state index in [2.05, 4.69) is 24.1 Å². The van der Waals surface area contributed by atoms with Crippen LogP contribution >= 0.6 is 0 Å². The van der Waals surface area contributed by atoms with Crippen molar-refractivity contribution in [1.82, 2.24) is 9.55 Å². The van der Waals surface area contributed by atoms with Gasteiger partial charge in [-0.1, -0.05) is 26.0 Å². The van der Waals surface area contributed by atoms with Crippen molar-refractivity contribution in [3.8, 4) is 0 Å². The van der Waals surface area contributed by atoms with Crippen molar-refractivity contribution in [3.63, 3.8) is 0 Å². The number of hydrogen-bond acceptors (Lipinski definition) is 4. The monoisotopic (exact) mass is 353 g/mol. The van der Waals surface area contributed by atoms with Crippen LogP contribution in [0.5, 0.6) is 0 Å². The first-order chi connectivity index (χ1) is 12.4. The Morgan fingerprint density at radius 1 is 1.23 bits per heavy atom. The molecule has 2 heterocycles. The third-order valence-corrected chi connectivity index (χ3v) is 4.60. The molecule has 26 heavy (non-hydrogen) atoms. The molecule has 0 aliphatic rings. The molecule has 0 aliphatic carbocycles. The fourth-order valence-electron chi connectivity index (χ4n) is 2.83. The molecule has 1 aromatic carbocycles. The average molecular weight is 353 g/mol. The van der Waals surface area contributed by atoms with E-state index in [0.29, 0.717) is 22.8 Å². The molecule has 0 fully saturated rings. The summed E-state index contributed by atoms with van der Waals surface area (Å²) < 4.78 is 6.91. The van der Waals surface area contributed by atoms with Gasteiger partial charge in [0.25, 0.3) is 5.56 Å². The molecule has 136 valence electrons. The summed E-state index contributed by atoms with van der Waals surface area (Å²) in [5.74, 6) is 0.989. The molecule has 0 atom stereocenters. The lowest BCUT2D eigenvalue weighted by Gasteiger charge is -2.09. The number of nitrogens with one attached hydrogen (secondary N) is 1. The van der Waals surface area contributed by atoms with Gasteiger partial charge in [-0.25, -0.2) is 4.98 Å². The first-order valence-corrected chi connectivity index (χ1v) is 8.71. The van der Waals surface area contributed by atoms with E-state index in [1.807, 2.05) is 31.2 Å². The largest absolute Gasteiger partial charge is 0.443 e. The van der Waals surface area contributed by atoms with Crippen LogP contribution in [0.15, 0.2) is 39.8 Å². The van der Waals surface area contributed by atoms with Gasteiger partial charge in [-0.3, -0.25) is 14.2 Å². The van der Waals surface area contributed by atoms with Crippen LogP contribution in [0.25, 0.3) is 11.1 Å². The van der Waals surface area contributed by atoms with E-state index in [1.54, 1.807) is 6.92 Å².